The highest BCUT2D eigenvalue weighted by Crippen LogP contribution is 2.25. The van der Waals surface area contributed by atoms with Crippen molar-refractivity contribution in [2.45, 2.75) is 0 Å². The number of aliphatic hydroxyl groups is 1. The minimum atomic E-state index is -0.290. The Labute approximate surface area is 136 Å². The van der Waals surface area contributed by atoms with Gasteiger partial charge in [0.25, 0.3) is 0 Å². The summed E-state index contributed by atoms with van der Waals surface area (Å²) in [6.45, 7) is 0. The van der Waals surface area contributed by atoms with Crippen LogP contribution in [0, 0.1) is 11.3 Å². The zero-order valence-corrected chi connectivity index (χ0v) is 12.5. The van der Waals surface area contributed by atoms with Gasteiger partial charge < -0.3 is 5.11 Å². The van der Waals surface area contributed by atoms with Crippen molar-refractivity contribution in [3.05, 3.63) is 65.7 Å². The van der Waals surface area contributed by atoms with E-state index in [2.05, 4.69) is 15.1 Å². The highest BCUT2D eigenvalue weighted by atomic mass is 35.5. The lowest BCUT2D eigenvalue weighted by Crippen LogP contribution is -2.01. The summed E-state index contributed by atoms with van der Waals surface area (Å²) < 4.78 is 1.28. The van der Waals surface area contributed by atoms with Crippen LogP contribution in [0.3, 0.4) is 0 Å². The van der Waals surface area contributed by atoms with Gasteiger partial charge in [-0.05, 0) is 30.3 Å². The Kier molecular flexibility index (Phi) is 4.04. The molecule has 0 saturated carbocycles. The molecule has 112 valence electrons. The zero-order chi connectivity index (χ0) is 16.2. The second-order valence-electron chi connectivity index (χ2n) is 4.51. The number of halogens is 1. The molecular formula is C16H10ClN5O. The van der Waals surface area contributed by atoms with E-state index in [1.54, 1.807) is 42.7 Å². The van der Waals surface area contributed by atoms with Gasteiger partial charge in [-0.25, -0.2) is 9.67 Å². The third kappa shape index (κ3) is 2.91. The summed E-state index contributed by atoms with van der Waals surface area (Å²) in [5.41, 5.74) is 1.47. The number of aliphatic hydroxyl groups excluding tert-OH is 1. The predicted molar refractivity (Wildman–Crippen MR) is 86.1 cm³/mol. The molecule has 7 heteroatoms. The van der Waals surface area contributed by atoms with Crippen LogP contribution < -0.4 is 0 Å². The number of hydrogen-bond acceptors (Lipinski definition) is 5. The summed E-state index contributed by atoms with van der Waals surface area (Å²) in [7, 11) is 0. The normalized spacial score (nSPS) is 11.7. The van der Waals surface area contributed by atoms with Crippen molar-refractivity contribution in [2.75, 3.05) is 0 Å². The molecule has 23 heavy (non-hydrogen) atoms. The van der Waals surface area contributed by atoms with Crippen LogP contribution in [-0.2, 0) is 0 Å². The minimum absolute atomic E-state index is 0.0536. The lowest BCUT2D eigenvalue weighted by atomic mass is 10.2. The molecule has 0 aliphatic carbocycles. The van der Waals surface area contributed by atoms with Gasteiger partial charge in [-0.2, -0.15) is 10.4 Å². The second kappa shape index (κ2) is 6.30. The highest BCUT2D eigenvalue weighted by molar-refractivity contribution is 6.31. The first kappa shape index (κ1) is 14.8. The average molecular weight is 324 g/mol. The molecule has 0 radical (unpaired) electrons. The average Bonchev–Trinajstić information content (AvgIpc) is 3.06. The maximum atomic E-state index is 10.4. The monoisotopic (exact) mass is 323 g/mol. The number of allylic oxidation sites excluding steroid dienone is 1. The lowest BCUT2D eigenvalue weighted by molar-refractivity contribution is 0.510. The van der Waals surface area contributed by atoms with Crippen LogP contribution in [-0.4, -0.2) is 24.9 Å². The van der Waals surface area contributed by atoms with Gasteiger partial charge in [0.2, 0.25) is 0 Å². The molecule has 0 amide bonds. The van der Waals surface area contributed by atoms with E-state index in [1.807, 2.05) is 12.1 Å². The van der Waals surface area contributed by atoms with Gasteiger partial charge in [0.15, 0.2) is 11.5 Å². The van der Waals surface area contributed by atoms with E-state index >= 15 is 0 Å². The minimum Gasteiger partial charge on any atom is -0.504 e. The van der Waals surface area contributed by atoms with E-state index in [0.717, 1.165) is 0 Å². The quantitative estimate of drug-likeness (QED) is 0.453. The van der Waals surface area contributed by atoms with Gasteiger partial charge in [0.05, 0.1) is 11.3 Å². The van der Waals surface area contributed by atoms with Crippen LogP contribution in [0.2, 0.25) is 5.15 Å². The fourth-order valence-electron chi connectivity index (χ4n) is 2.00. The first-order valence-electron chi connectivity index (χ1n) is 6.62. The van der Waals surface area contributed by atoms with E-state index < -0.39 is 0 Å². The Morgan fingerprint density at radius 3 is 2.61 bits per heavy atom. The maximum Gasteiger partial charge on any atom is 0.184 e. The molecule has 0 aliphatic rings. The highest BCUT2D eigenvalue weighted by Gasteiger charge is 2.15. The summed E-state index contributed by atoms with van der Waals surface area (Å²) in [6, 6.07) is 12.3. The van der Waals surface area contributed by atoms with Crippen molar-refractivity contribution >= 4 is 23.1 Å². The van der Waals surface area contributed by atoms with Gasteiger partial charge in [-0.15, -0.1) is 0 Å². The number of aromatic nitrogens is 4. The molecule has 1 N–H and O–H groups in total. The van der Waals surface area contributed by atoms with E-state index in [-0.39, 0.29) is 22.2 Å². The third-order valence-electron chi connectivity index (χ3n) is 3.09. The van der Waals surface area contributed by atoms with Crippen LogP contribution in [0.1, 0.15) is 5.56 Å². The Bertz CT molecular complexity index is 911. The van der Waals surface area contributed by atoms with E-state index in [9.17, 15) is 10.4 Å². The van der Waals surface area contributed by atoms with Gasteiger partial charge >= 0.3 is 0 Å². The number of hydrogen-bond donors (Lipinski definition) is 1. The Morgan fingerprint density at radius 2 is 1.91 bits per heavy atom. The third-order valence-corrected chi connectivity index (χ3v) is 3.39. The molecule has 6 nitrogen and oxygen atoms in total. The molecule has 3 aromatic heterocycles. The Balaban J connectivity index is 2.06. The molecule has 3 aromatic rings. The summed E-state index contributed by atoms with van der Waals surface area (Å²) in [5, 5.41) is 24.1. The van der Waals surface area contributed by atoms with Crippen molar-refractivity contribution in [3.63, 3.8) is 0 Å². The molecule has 0 saturated heterocycles. The SMILES string of the molecule is N#C/C(=C(/O)c1cccnc1Cl)n1ccc(-c2ccccn2)n1. The maximum absolute atomic E-state index is 10.4. The molecule has 0 unspecified atom stereocenters. The van der Waals surface area contributed by atoms with Crippen molar-refractivity contribution in [2.24, 2.45) is 0 Å². The van der Waals surface area contributed by atoms with Crippen molar-refractivity contribution in [1.29, 1.82) is 5.26 Å². The number of nitriles is 1. The Morgan fingerprint density at radius 1 is 1.09 bits per heavy atom. The van der Waals surface area contributed by atoms with Gasteiger partial charge in [0.1, 0.15) is 16.9 Å². The molecule has 0 bridgehead atoms. The van der Waals surface area contributed by atoms with Gasteiger partial charge in [-0.3, -0.25) is 4.98 Å². The largest absolute Gasteiger partial charge is 0.504 e. The molecule has 3 heterocycles. The van der Waals surface area contributed by atoms with Crippen LogP contribution in [0.25, 0.3) is 22.8 Å². The Hall–Kier alpha value is -3.17. The summed E-state index contributed by atoms with van der Waals surface area (Å²) in [5.74, 6) is -0.290. The summed E-state index contributed by atoms with van der Waals surface area (Å²) in [4.78, 5) is 8.08. The fourth-order valence-corrected chi connectivity index (χ4v) is 2.21. The summed E-state index contributed by atoms with van der Waals surface area (Å²) in [6.07, 6.45) is 4.73. The van der Waals surface area contributed by atoms with Crippen molar-refractivity contribution in [3.8, 4) is 17.5 Å². The standard InChI is InChI=1S/C16H10ClN5O/c17-16-11(4-3-8-20-16)15(23)14(10-18)22-9-6-13(21-22)12-5-1-2-7-19-12/h1-9,23H/b15-14-. The zero-order valence-electron chi connectivity index (χ0n) is 11.8. The summed E-state index contributed by atoms with van der Waals surface area (Å²) >= 11 is 5.95. The molecule has 0 spiro atoms. The van der Waals surface area contributed by atoms with Gasteiger partial charge in [0, 0.05) is 18.6 Å². The van der Waals surface area contributed by atoms with E-state index in [4.69, 9.17) is 11.6 Å². The molecule has 0 aromatic carbocycles. The molecule has 0 atom stereocenters. The lowest BCUT2D eigenvalue weighted by Gasteiger charge is -2.05. The van der Waals surface area contributed by atoms with Gasteiger partial charge in [-0.1, -0.05) is 17.7 Å². The predicted octanol–water partition coefficient (Wildman–Crippen LogP) is 3.40. The first-order valence-corrected chi connectivity index (χ1v) is 7.00. The van der Waals surface area contributed by atoms with Crippen molar-refractivity contribution < 1.29 is 5.11 Å². The van der Waals surface area contributed by atoms with E-state index in [1.165, 1.54) is 10.9 Å². The van der Waals surface area contributed by atoms with Crippen LogP contribution >= 0.6 is 11.6 Å². The molecule has 0 fully saturated rings. The van der Waals surface area contributed by atoms with E-state index in [0.29, 0.717) is 11.4 Å². The first-order chi connectivity index (χ1) is 11.2. The molecular weight excluding hydrogens is 314 g/mol. The van der Waals surface area contributed by atoms with Crippen LogP contribution in [0.15, 0.2) is 55.0 Å². The smallest absolute Gasteiger partial charge is 0.184 e. The van der Waals surface area contributed by atoms with Crippen LogP contribution in [0.4, 0.5) is 0 Å². The topological polar surface area (TPSA) is 87.6 Å². The van der Waals surface area contributed by atoms with Crippen LogP contribution in [0.5, 0.6) is 0 Å². The number of pyridine rings is 2. The van der Waals surface area contributed by atoms with Crippen molar-refractivity contribution in [1.82, 2.24) is 19.7 Å². The molecule has 3 rings (SSSR count). The number of rotatable bonds is 3. The fraction of sp³-hybridized carbons (Fsp3) is 0. The number of nitrogens with zero attached hydrogens (tertiary/aromatic N) is 5. The molecule has 0 aliphatic heterocycles. The second-order valence-corrected chi connectivity index (χ2v) is 4.87.